The summed E-state index contributed by atoms with van der Waals surface area (Å²) in [5.41, 5.74) is 4.94. The van der Waals surface area contributed by atoms with Crippen LogP contribution in [0, 0.1) is 0 Å². The second kappa shape index (κ2) is 9.74. The first-order valence-corrected chi connectivity index (χ1v) is 12.4. The van der Waals surface area contributed by atoms with Crippen LogP contribution < -0.4 is 4.74 Å². The number of ether oxygens (including phenoxy) is 1. The average Bonchev–Trinajstić information content (AvgIpc) is 3.34. The fourth-order valence-electron chi connectivity index (χ4n) is 4.55. The molecular weight excluding hydrogens is 450 g/mol. The Kier molecular flexibility index (Phi) is 6.49. The summed E-state index contributed by atoms with van der Waals surface area (Å²) in [6, 6.07) is 22.1. The van der Waals surface area contributed by atoms with Gasteiger partial charge in [-0.1, -0.05) is 63.2 Å². The molecular formula is C29H33N5O2. The van der Waals surface area contributed by atoms with E-state index in [1.165, 1.54) is 5.56 Å². The first-order valence-electron chi connectivity index (χ1n) is 12.4. The normalized spacial score (nSPS) is 14.8. The number of hydrogen-bond donors (Lipinski definition) is 0. The largest absolute Gasteiger partial charge is 0.497 e. The number of fused-ring (bicyclic) bond motifs is 1. The number of carbonyl (C=O) groups is 1. The standard InChI is InChI=1S/C29H33N5O2/c1-29(2,3)26-19-27-30-24(18-25(34(27)31-26)22-11-8-12-23(17-22)36-4)28(35)33-15-13-32(14-16-33)20-21-9-6-5-7-10-21/h5-12,17-19H,13-16,20H2,1-4H3. The number of methoxy groups -OCH3 is 1. The molecule has 0 radical (unpaired) electrons. The molecule has 7 nitrogen and oxygen atoms in total. The number of carbonyl (C=O) groups excluding carboxylic acids is 1. The first-order chi connectivity index (χ1) is 17.3. The van der Waals surface area contributed by atoms with Crippen molar-refractivity contribution in [3.05, 3.63) is 83.7 Å². The predicted octanol–water partition coefficient (Wildman–Crippen LogP) is 4.66. The molecule has 1 amide bonds. The Balaban J connectivity index is 1.44. The van der Waals surface area contributed by atoms with Gasteiger partial charge in [0.1, 0.15) is 11.4 Å². The summed E-state index contributed by atoms with van der Waals surface area (Å²) in [4.78, 5) is 22.7. The van der Waals surface area contributed by atoms with Gasteiger partial charge in [-0.25, -0.2) is 9.50 Å². The van der Waals surface area contributed by atoms with Crippen LogP contribution in [0.3, 0.4) is 0 Å². The fourth-order valence-corrected chi connectivity index (χ4v) is 4.55. The van der Waals surface area contributed by atoms with Crippen molar-refractivity contribution in [2.75, 3.05) is 33.3 Å². The minimum absolute atomic E-state index is 0.0421. The van der Waals surface area contributed by atoms with E-state index in [9.17, 15) is 4.79 Å². The predicted molar refractivity (Wildman–Crippen MR) is 141 cm³/mol. The second-order valence-corrected chi connectivity index (χ2v) is 10.4. The molecule has 0 N–H and O–H groups in total. The van der Waals surface area contributed by atoms with Crippen molar-refractivity contribution in [2.24, 2.45) is 0 Å². The second-order valence-electron chi connectivity index (χ2n) is 10.4. The molecule has 36 heavy (non-hydrogen) atoms. The number of piperazine rings is 1. The topological polar surface area (TPSA) is 63.0 Å². The highest BCUT2D eigenvalue weighted by Crippen LogP contribution is 2.28. The Hall–Kier alpha value is -3.71. The monoisotopic (exact) mass is 483 g/mol. The van der Waals surface area contributed by atoms with Crippen LogP contribution in [0.15, 0.2) is 66.7 Å². The van der Waals surface area contributed by atoms with Gasteiger partial charge in [0, 0.05) is 49.8 Å². The maximum absolute atomic E-state index is 13.6. The van der Waals surface area contributed by atoms with Crippen molar-refractivity contribution in [1.82, 2.24) is 24.4 Å². The number of nitrogens with zero attached hydrogens (tertiary/aromatic N) is 5. The van der Waals surface area contributed by atoms with Gasteiger partial charge < -0.3 is 9.64 Å². The molecule has 1 fully saturated rings. The van der Waals surface area contributed by atoms with E-state index in [2.05, 4.69) is 49.9 Å². The lowest BCUT2D eigenvalue weighted by Gasteiger charge is -2.34. The van der Waals surface area contributed by atoms with E-state index in [0.29, 0.717) is 24.4 Å². The van der Waals surface area contributed by atoms with Crippen LogP contribution in [-0.4, -0.2) is 63.6 Å². The molecule has 3 heterocycles. The zero-order valence-corrected chi connectivity index (χ0v) is 21.4. The summed E-state index contributed by atoms with van der Waals surface area (Å²) in [6.45, 7) is 10.3. The van der Waals surface area contributed by atoms with Crippen molar-refractivity contribution in [2.45, 2.75) is 32.7 Å². The minimum atomic E-state index is -0.140. The summed E-state index contributed by atoms with van der Waals surface area (Å²) in [7, 11) is 1.65. The van der Waals surface area contributed by atoms with Gasteiger partial charge in [0.2, 0.25) is 0 Å². The summed E-state index contributed by atoms with van der Waals surface area (Å²) in [6.07, 6.45) is 0. The zero-order chi connectivity index (χ0) is 25.3. The molecule has 1 saturated heterocycles. The van der Waals surface area contributed by atoms with E-state index in [0.717, 1.165) is 42.3 Å². The highest BCUT2D eigenvalue weighted by atomic mass is 16.5. The molecule has 0 saturated carbocycles. The van der Waals surface area contributed by atoms with Gasteiger partial charge in [-0.3, -0.25) is 9.69 Å². The van der Waals surface area contributed by atoms with Crippen LogP contribution in [0.1, 0.15) is 42.5 Å². The van der Waals surface area contributed by atoms with Gasteiger partial charge in [-0.05, 0) is 23.8 Å². The summed E-state index contributed by atoms with van der Waals surface area (Å²) in [5, 5.41) is 4.86. The van der Waals surface area contributed by atoms with E-state index >= 15 is 0 Å². The average molecular weight is 484 g/mol. The molecule has 5 rings (SSSR count). The Morgan fingerprint density at radius 3 is 2.39 bits per heavy atom. The number of aromatic nitrogens is 3. The highest BCUT2D eigenvalue weighted by molar-refractivity contribution is 5.94. The Bertz CT molecular complexity index is 1370. The van der Waals surface area contributed by atoms with E-state index in [4.69, 9.17) is 14.8 Å². The van der Waals surface area contributed by atoms with Crippen LogP contribution in [0.4, 0.5) is 0 Å². The third-order valence-corrected chi connectivity index (χ3v) is 6.69. The molecule has 0 aliphatic carbocycles. The van der Waals surface area contributed by atoms with Gasteiger partial charge >= 0.3 is 0 Å². The van der Waals surface area contributed by atoms with Crippen LogP contribution in [0.2, 0.25) is 0 Å². The van der Waals surface area contributed by atoms with E-state index in [-0.39, 0.29) is 11.3 Å². The maximum atomic E-state index is 13.6. The van der Waals surface area contributed by atoms with Crippen molar-refractivity contribution >= 4 is 11.6 Å². The van der Waals surface area contributed by atoms with E-state index < -0.39 is 0 Å². The number of amides is 1. The molecule has 0 bridgehead atoms. The molecule has 186 valence electrons. The minimum Gasteiger partial charge on any atom is -0.497 e. The van der Waals surface area contributed by atoms with Crippen LogP contribution in [0.25, 0.3) is 16.9 Å². The van der Waals surface area contributed by atoms with Crippen molar-refractivity contribution in [3.63, 3.8) is 0 Å². The van der Waals surface area contributed by atoms with E-state index in [1.807, 2.05) is 51.9 Å². The van der Waals surface area contributed by atoms with Gasteiger partial charge in [0.15, 0.2) is 5.65 Å². The Labute approximate surface area is 212 Å². The third kappa shape index (κ3) is 4.97. The third-order valence-electron chi connectivity index (χ3n) is 6.69. The quantitative estimate of drug-likeness (QED) is 0.413. The first kappa shape index (κ1) is 24.0. The molecule has 1 aliphatic rings. The zero-order valence-electron chi connectivity index (χ0n) is 21.4. The summed E-state index contributed by atoms with van der Waals surface area (Å²) < 4.78 is 7.29. The van der Waals surface area contributed by atoms with Crippen molar-refractivity contribution in [1.29, 1.82) is 0 Å². The van der Waals surface area contributed by atoms with Crippen molar-refractivity contribution < 1.29 is 9.53 Å². The van der Waals surface area contributed by atoms with Crippen molar-refractivity contribution in [3.8, 4) is 17.0 Å². The molecule has 0 atom stereocenters. The lowest BCUT2D eigenvalue weighted by molar-refractivity contribution is 0.0623. The smallest absolute Gasteiger partial charge is 0.272 e. The molecule has 4 aromatic rings. The van der Waals surface area contributed by atoms with Crippen LogP contribution in [-0.2, 0) is 12.0 Å². The van der Waals surface area contributed by atoms with Gasteiger partial charge in [0.05, 0.1) is 18.5 Å². The van der Waals surface area contributed by atoms with Crippen LogP contribution >= 0.6 is 0 Å². The molecule has 7 heteroatoms. The fraction of sp³-hybridized carbons (Fsp3) is 0.345. The lowest BCUT2D eigenvalue weighted by Crippen LogP contribution is -2.48. The summed E-state index contributed by atoms with van der Waals surface area (Å²) >= 11 is 0. The molecule has 0 unspecified atom stereocenters. The number of hydrogen-bond acceptors (Lipinski definition) is 5. The Morgan fingerprint density at radius 2 is 1.69 bits per heavy atom. The molecule has 2 aromatic heterocycles. The highest BCUT2D eigenvalue weighted by Gasteiger charge is 2.26. The number of rotatable bonds is 5. The number of benzene rings is 2. The van der Waals surface area contributed by atoms with Gasteiger partial charge in [-0.15, -0.1) is 0 Å². The van der Waals surface area contributed by atoms with Crippen LogP contribution in [0.5, 0.6) is 5.75 Å². The van der Waals surface area contributed by atoms with E-state index in [1.54, 1.807) is 7.11 Å². The molecule has 1 aliphatic heterocycles. The molecule has 2 aromatic carbocycles. The lowest BCUT2D eigenvalue weighted by atomic mass is 9.93. The maximum Gasteiger partial charge on any atom is 0.272 e. The Morgan fingerprint density at radius 1 is 0.944 bits per heavy atom. The van der Waals surface area contributed by atoms with Gasteiger partial charge in [0.25, 0.3) is 5.91 Å². The summed E-state index contributed by atoms with van der Waals surface area (Å²) in [5.74, 6) is 0.711. The molecule has 0 spiro atoms. The van der Waals surface area contributed by atoms with Gasteiger partial charge in [-0.2, -0.15) is 5.10 Å². The SMILES string of the molecule is COc1cccc(-c2cc(C(=O)N3CCN(Cc4ccccc4)CC3)nc3cc(C(C)(C)C)nn23)c1.